The van der Waals surface area contributed by atoms with Crippen LogP contribution in [0, 0.1) is 6.92 Å². The topological polar surface area (TPSA) is 108 Å². The lowest BCUT2D eigenvalue weighted by Gasteiger charge is -2.46. The second kappa shape index (κ2) is 10.8. The fourth-order valence-corrected chi connectivity index (χ4v) is 5.08. The van der Waals surface area contributed by atoms with Crippen LogP contribution in [0.25, 0.3) is 11.0 Å². The van der Waals surface area contributed by atoms with E-state index >= 15 is 0 Å². The van der Waals surface area contributed by atoms with Crippen molar-refractivity contribution in [3.63, 3.8) is 0 Å². The minimum atomic E-state index is -1.36. The van der Waals surface area contributed by atoms with Gasteiger partial charge in [-0.25, -0.2) is 4.79 Å². The van der Waals surface area contributed by atoms with E-state index in [4.69, 9.17) is 23.4 Å². The summed E-state index contributed by atoms with van der Waals surface area (Å²) >= 11 is 0. The molecule has 1 fully saturated rings. The van der Waals surface area contributed by atoms with E-state index < -0.39 is 41.9 Å². The molecule has 2 heterocycles. The summed E-state index contributed by atoms with van der Waals surface area (Å²) in [5.41, 5.74) is 1.16. The highest BCUT2D eigenvalue weighted by molar-refractivity contribution is 5.87. The summed E-state index contributed by atoms with van der Waals surface area (Å²) in [5, 5.41) is 21.8. The number of aliphatic hydroxyl groups is 2. The van der Waals surface area contributed by atoms with Gasteiger partial charge in [0.1, 0.15) is 41.5 Å². The number of hydrogen-bond acceptors (Lipinski definition) is 8. The van der Waals surface area contributed by atoms with Gasteiger partial charge < -0.3 is 33.6 Å². The fraction of sp³-hybridized carbons (Fsp3) is 0.323. The molecule has 3 aromatic carbocycles. The summed E-state index contributed by atoms with van der Waals surface area (Å²) in [6.07, 6.45) is -4.97. The van der Waals surface area contributed by atoms with Crippen LogP contribution in [-0.2, 0) is 9.47 Å². The Balaban J connectivity index is 1.51. The maximum atomic E-state index is 12.7. The molecule has 2 N–H and O–H groups in total. The van der Waals surface area contributed by atoms with Gasteiger partial charge in [0.2, 0.25) is 6.29 Å². The third kappa shape index (κ3) is 5.29. The van der Waals surface area contributed by atoms with Crippen LogP contribution in [0.5, 0.6) is 11.5 Å². The van der Waals surface area contributed by atoms with E-state index in [0.717, 1.165) is 11.1 Å². The number of hydrogen-bond donors (Lipinski definition) is 2. The summed E-state index contributed by atoms with van der Waals surface area (Å²) in [4.78, 5) is 12.7. The lowest BCUT2D eigenvalue weighted by Crippen LogP contribution is -2.63. The normalized spacial score (nSPS) is 22.6. The Labute approximate surface area is 226 Å². The summed E-state index contributed by atoms with van der Waals surface area (Å²) in [6, 6.07) is 24.3. The number of rotatable bonds is 7. The van der Waals surface area contributed by atoms with Crippen LogP contribution < -0.4 is 15.1 Å². The molecule has 0 radical (unpaired) electrons. The largest absolute Gasteiger partial charge is 0.480 e. The first kappa shape index (κ1) is 26.9. The van der Waals surface area contributed by atoms with Gasteiger partial charge in [-0.2, -0.15) is 0 Å². The second-order valence-corrected chi connectivity index (χ2v) is 10.2. The van der Waals surface area contributed by atoms with Gasteiger partial charge in [-0.05, 0) is 44.0 Å². The lowest BCUT2D eigenvalue weighted by atomic mass is 9.89. The molecule has 4 aromatic rings. The van der Waals surface area contributed by atoms with E-state index in [0.29, 0.717) is 22.4 Å². The number of aryl methyl sites for hydroxylation is 1. The first-order valence-corrected chi connectivity index (χ1v) is 12.8. The van der Waals surface area contributed by atoms with Crippen molar-refractivity contribution in [2.45, 2.75) is 57.1 Å². The summed E-state index contributed by atoms with van der Waals surface area (Å²) < 4.78 is 29.4. The smallest absolute Gasteiger partial charge is 0.339 e. The van der Waals surface area contributed by atoms with Crippen molar-refractivity contribution in [2.75, 3.05) is 7.11 Å². The molecule has 4 atom stereocenters. The molecule has 0 amide bonds. The van der Waals surface area contributed by atoms with Crippen LogP contribution in [0.15, 0.2) is 88.1 Å². The number of ether oxygens (including phenoxy) is 4. The zero-order chi connectivity index (χ0) is 27.7. The third-order valence-electron chi connectivity index (χ3n) is 7.06. The van der Waals surface area contributed by atoms with Gasteiger partial charge in [-0.15, -0.1) is 0 Å². The van der Waals surface area contributed by atoms with Crippen molar-refractivity contribution in [2.24, 2.45) is 0 Å². The molecular formula is C31H32O8. The summed E-state index contributed by atoms with van der Waals surface area (Å²) in [5.74, 6) is 0.690. The van der Waals surface area contributed by atoms with E-state index in [2.05, 4.69) is 0 Å². The Bertz CT molecular complexity index is 1440. The Morgan fingerprint density at radius 1 is 0.872 bits per heavy atom. The van der Waals surface area contributed by atoms with Gasteiger partial charge in [0.25, 0.3) is 0 Å². The SMILES string of the molecule is CO[C@@H]1[C@@H](O)[C@@H](O)[C@H](Oc2ccc3c(OC(c4ccccc4)c4ccccc4)cc(=O)oc3c2C)OC1(C)C. The van der Waals surface area contributed by atoms with E-state index in [9.17, 15) is 15.0 Å². The van der Waals surface area contributed by atoms with Gasteiger partial charge in [0.05, 0.1) is 17.1 Å². The van der Waals surface area contributed by atoms with Gasteiger partial charge in [-0.3, -0.25) is 0 Å². The molecule has 5 rings (SSSR count). The zero-order valence-corrected chi connectivity index (χ0v) is 22.2. The Morgan fingerprint density at radius 3 is 2.08 bits per heavy atom. The minimum absolute atomic E-state index is 0.287. The van der Waals surface area contributed by atoms with E-state index in [1.54, 1.807) is 32.9 Å². The average Bonchev–Trinajstić information content (AvgIpc) is 2.93. The zero-order valence-electron chi connectivity index (χ0n) is 22.2. The Morgan fingerprint density at radius 2 is 1.49 bits per heavy atom. The molecular weight excluding hydrogens is 500 g/mol. The first-order valence-electron chi connectivity index (χ1n) is 12.8. The summed E-state index contributed by atoms with van der Waals surface area (Å²) in [6.45, 7) is 5.24. The highest BCUT2D eigenvalue weighted by Crippen LogP contribution is 2.38. The predicted octanol–water partition coefficient (Wildman–Crippen LogP) is 4.52. The van der Waals surface area contributed by atoms with Crippen LogP contribution in [0.3, 0.4) is 0 Å². The molecule has 1 aliphatic rings. The minimum Gasteiger partial charge on any atom is -0.480 e. The van der Waals surface area contributed by atoms with Crippen molar-refractivity contribution >= 4 is 11.0 Å². The van der Waals surface area contributed by atoms with Crippen molar-refractivity contribution in [3.05, 3.63) is 106 Å². The van der Waals surface area contributed by atoms with E-state index in [1.807, 2.05) is 60.7 Å². The Kier molecular flexibility index (Phi) is 7.46. The van der Waals surface area contributed by atoms with Crippen LogP contribution in [0.4, 0.5) is 0 Å². The monoisotopic (exact) mass is 532 g/mol. The molecule has 0 bridgehead atoms. The number of fused-ring (bicyclic) bond motifs is 1. The van der Waals surface area contributed by atoms with E-state index in [1.165, 1.54) is 13.2 Å². The standard InChI is InChI=1S/C31H32O8/c1-18-22(37-30-26(34)25(33)29(35-4)31(2,3)39-30)16-15-21-23(17-24(32)38-27(18)21)36-28(19-11-7-5-8-12-19)20-13-9-6-10-14-20/h5-17,25-26,28-30,33-34H,1-4H3/t25-,26+,29+,30+/m0/s1. The fourth-order valence-electron chi connectivity index (χ4n) is 5.08. The van der Waals surface area contributed by atoms with Crippen molar-refractivity contribution in [1.82, 2.24) is 0 Å². The molecule has 0 spiro atoms. The van der Waals surface area contributed by atoms with Crippen LogP contribution in [0.2, 0.25) is 0 Å². The summed E-state index contributed by atoms with van der Waals surface area (Å²) in [7, 11) is 1.45. The molecule has 8 heteroatoms. The third-order valence-corrected chi connectivity index (χ3v) is 7.06. The van der Waals surface area contributed by atoms with Gasteiger partial charge in [0.15, 0.2) is 0 Å². The van der Waals surface area contributed by atoms with Gasteiger partial charge >= 0.3 is 5.63 Å². The highest BCUT2D eigenvalue weighted by Gasteiger charge is 2.50. The Hall–Kier alpha value is -3.69. The number of methoxy groups -OCH3 is 1. The molecule has 8 nitrogen and oxygen atoms in total. The number of aliphatic hydroxyl groups excluding tert-OH is 2. The molecule has 1 aliphatic heterocycles. The lowest BCUT2D eigenvalue weighted by molar-refractivity contribution is -0.306. The predicted molar refractivity (Wildman–Crippen MR) is 145 cm³/mol. The quantitative estimate of drug-likeness (QED) is 0.335. The molecule has 204 valence electrons. The first-order chi connectivity index (χ1) is 18.7. The van der Waals surface area contributed by atoms with Crippen molar-refractivity contribution in [3.8, 4) is 11.5 Å². The van der Waals surface area contributed by atoms with Crippen molar-refractivity contribution < 1.29 is 33.6 Å². The highest BCUT2D eigenvalue weighted by atomic mass is 16.7. The molecule has 1 aromatic heterocycles. The van der Waals surface area contributed by atoms with Gasteiger partial charge in [0, 0.05) is 12.7 Å². The average molecular weight is 533 g/mol. The van der Waals surface area contributed by atoms with Gasteiger partial charge in [-0.1, -0.05) is 60.7 Å². The van der Waals surface area contributed by atoms with Crippen molar-refractivity contribution in [1.29, 1.82) is 0 Å². The van der Waals surface area contributed by atoms with Crippen LogP contribution in [-0.4, -0.2) is 47.5 Å². The van der Waals surface area contributed by atoms with Crippen LogP contribution in [0.1, 0.15) is 36.6 Å². The maximum absolute atomic E-state index is 12.7. The van der Waals surface area contributed by atoms with E-state index in [-0.39, 0.29) is 5.58 Å². The number of benzene rings is 3. The molecule has 0 unspecified atom stereocenters. The molecule has 39 heavy (non-hydrogen) atoms. The maximum Gasteiger partial charge on any atom is 0.339 e. The molecule has 0 saturated carbocycles. The van der Waals surface area contributed by atoms with Crippen LogP contribution >= 0.6 is 0 Å². The molecule has 0 aliphatic carbocycles. The second-order valence-electron chi connectivity index (χ2n) is 10.2. The molecule has 1 saturated heterocycles.